The molecule has 0 aromatic carbocycles. The van der Waals surface area contributed by atoms with Crippen LogP contribution in [0.4, 0.5) is 0 Å². The summed E-state index contributed by atoms with van der Waals surface area (Å²) in [6.45, 7) is 0.551. The van der Waals surface area contributed by atoms with Gasteiger partial charge in [-0.1, -0.05) is 25.3 Å². The fraction of sp³-hybridized carbons (Fsp3) is 0.786. The van der Waals surface area contributed by atoms with E-state index >= 15 is 0 Å². The highest BCUT2D eigenvalue weighted by atomic mass is 16.5. The summed E-state index contributed by atoms with van der Waals surface area (Å²) in [4.78, 5) is 11.8. The average molecular weight is 222 g/mol. The standard InChI is InChI=1S/C14H22O2/c15-14(13-9-5-2-6-10-13)16-11-12-7-3-1-4-8-12/h7,13H,1-6,8-11H2. The van der Waals surface area contributed by atoms with Gasteiger partial charge in [0.1, 0.15) is 6.61 Å². The number of hydrogen-bond donors (Lipinski definition) is 0. The molecule has 0 aliphatic heterocycles. The lowest BCUT2D eigenvalue weighted by Gasteiger charge is -2.21. The minimum absolute atomic E-state index is 0.0474. The second-order valence-electron chi connectivity index (χ2n) is 5.05. The monoisotopic (exact) mass is 222 g/mol. The van der Waals surface area contributed by atoms with Gasteiger partial charge in [0.05, 0.1) is 5.92 Å². The molecule has 1 fully saturated rings. The summed E-state index contributed by atoms with van der Waals surface area (Å²) in [5.74, 6) is 0.240. The summed E-state index contributed by atoms with van der Waals surface area (Å²) in [6.07, 6.45) is 12.8. The molecule has 2 rings (SSSR count). The van der Waals surface area contributed by atoms with Gasteiger partial charge in [-0.2, -0.15) is 0 Å². The smallest absolute Gasteiger partial charge is 0.309 e. The number of ether oxygens (including phenoxy) is 1. The van der Waals surface area contributed by atoms with E-state index in [4.69, 9.17) is 4.74 Å². The Hall–Kier alpha value is -0.790. The maximum Gasteiger partial charge on any atom is 0.309 e. The van der Waals surface area contributed by atoms with E-state index in [1.165, 1.54) is 37.7 Å². The molecule has 0 spiro atoms. The third kappa shape index (κ3) is 3.36. The molecule has 16 heavy (non-hydrogen) atoms. The van der Waals surface area contributed by atoms with E-state index < -0.39 is 0 Å². The van der Waals surface area contributed by atoms with E-state index in [0.29, 0.717) is 6.61 Å². The topological polar surface area (TPSA) is 26.3 Å². The lowest BCUT2D eigenvalue weighted by atomic mass is 9.89. The molecular weight excluding hydrogens is 200 g/mol. The molecule has 0 aromatic heterocycles. The fourth-order valence-corrected chi connectivity index (χ4v) is 2.66. The Morgan fingerprint density at radius 1 is 1.19 bits per heavy atom. The van der Waals surface area contributed by atoms with E-state index in [9.17, 15) is 4.79 Å². The number of carbonyl (C=O) groups excluding carboxylic acids is 1. The highest BCUT2D eigenvalue weighted by molar-refractivity contribution is 5.72. The lowest BCUT2D eigenvalue weighted by molar-refractivity contribution is -0.148. The van der Waals surface area contributed by atoms with E-state index in [1.807, 2.05) is 0 Å². The number of esters is 1. The summed E-state index contributed by atoms with van der Waals surface area (Å²) in [7, 11) is 0. The third-order valence-electron chi connectivity index (χ3n) is 3.72. The van der Waals surface area contributed by atoms with Crippen molar-refractivity contribution in [3.8, 4) is 0 Å². The van der Waals surface area contributed by atoms with Crippen LogP contribution in [0.2, 0.25) is 0 Å². The first kappa shape index (κ1) is 11.7. The van der Waals surface area contributed by atoms with E-state index in [-0.39, 0.29) is 11.9 Å². The van der Waals surface area contributed by atoms with Crippen LogP contribution in [0, 0.1) is 5.92 Å². The number of hydrogen-bond acceptors (Lipinski definition) is 2. The maximum atomic E-state index is 11.8. The van der Waals surface area contributed by atoms with Crippen LogP contribution in [0.15, 0.2) is 11.6 Å². The van der Waals surface area contributed by atoms with Gasteiger partial charge in [-0.3, -0.25) is 4.79 Å². The molecule has 0 N–H and O–H groups in total. The molecule has 0 bridgehead atoms. The minimum Gasteiger partial charge on any atom is -0.461 e. The lowest BCUT2D eigenvalue weighted by Crippen LogP contribution is -2.21. The van der Waals surface area contributed by atoms with Crippen LogP contribution >= 0.6 is 0 Å². The molecule has 0 amide bonds. The second kappa shape index (κ2) is 6.07. The van der Waals surface area contributed by atoms with E-state index in [0.717, 1.165) is 25.7 Å². The van der Waals surface area contributed by atoms with Crippen molar-refractivity contribution in [1.82, 2.24) is 0 Å². The Morgan fingerprint density at radius 3 is 2.69 bits per heavy atom. The molecule has 2 heteroatoms. The Bertz CT molecular complexity index is 262. The number of allylic oxidation sites excluding steroid dienone is 1. The van der Waals surface area contributed by atoms with E-state index in [2.05, 4.69) is 6.08 Å². The molecule has 2 aliphatic carbocycles. The van der Waals surface area contributed by atoms with Gasteiger partial charge in [0.15, 0.2) is 0 Å². The average Bonchev–Trinajstić information content (AvgIpc) is 2.38. The molecule has 2 nitrogen and oxygen atoms in total. The van der Waals surface area contributed by atoms with Gasteiger partial charge < -0.3 is 4.74 Å². The van der Waals surface area contributed by atoms with Crippen molar-refractivity contribution in [2.45, 2.75) is 57.8 Å². The zero-order chi connectivity index (χ0) is 11.2. The molecule has 0 heterocycles. The zero-order valence-electron chi connectivity index (χ0n) is 10.0. The molecule has 0 saturated heterocycles. The fourth-order valence-electron chi connectivity index (χ4n) is 2.66. The quantitative estimate of drug-likeness (QED) is 0.538. The first-order valence-corrected chi connectivity index (χ1v) is 6.71. The van der Waals surface area contributed by atoms with Crippen molar-refractivity contribution in [1.29, 1.82) is 0 Å². The van der Waals surface area contributed by atoms with Gasteiger partial charge in [-0.05, 0) is 44.1 Å². The maximum absolute atomic E-state index is 11.8. The predicted octanol–water partition coefficient (Wildman–Crippen LogP) is 3.61. The van der Waals surface area contributed by atoms with Crippen LogP contribution < -0.4 is 0 Å². The molecule has 1 saturated carbocycles. The van der Waals surface area contributed by atoms with Crippen LogP contribution in [0.3, 0.4) is 0 Å². The van der Waals surface area contributed by atoms with Crippen LogP contribution in [-0.4, -0.2) is 12.6 Å². The molecular formula is C14H22O2. The van der Waals surface area contributed by atoms with E-state index in [1.54, 1.807) is 0 Å². The predicted molar refractivity (Wildman–Crippen MR) is 64.1 cm³/mol. The van der Waals surface area contributed by atoms with Gasteiger partial charge in [0.2, 0.25) is 0 Å². The van der Waals surface area contributed by atoms with Crippen molar-refractivity contribution in [2.75, 3.05) is 6.61 Å². The zero-order valence-corrected chi connectivity index (χ0v) is 10.0. The Kier molecular flexibility index (Phi) is 4.44. The van der Waals surface area contributed by atoms with Gasteiger partial charge in [-0.25, -0.2) is 0 Å². The SMILES string of the molecule is O=C(OCC1=CCCCC1)C1CCCCC1. The Morgan fingerprint density at radius 2 is 2.00 bits per heavy atom. The highest BCUT2D eigenvalue weighted by Crippen LogP contribution is 2.25. The summed E-state index contributed by atoms with van der Waals surface area (Å²) in [5.41, 5.74) is 1.33. The van der Waals surface area contributed by atoms with Gasteiger partial charge in [0, 0.05) is 0 Å². The van der Waals surface area contributed by atoms with Crippen molar-refractivity contribution >= 4 is 5.97 Å². The van der Waals surface area contributed by atoms with Crippen LogP contribution in [0.1, 0.15) is 57.8 Å². The van der Waals surface area contributed by atoms with Crippen molar-refractivity contribution in [3.63, 3.8) is 0 Å². The molecule has 0 aromatic rings. The molecule has 0 atom stereocenters. The molecule has 2 aliphatic rings. The van der Waals surface area contributed by atoms with Crippen molar-refractivity contribution in [2.24, 2.45) is 5.92 Å². The van der Waals surface area contributed by atoms with Crippen LogP contribution in [0.25, 0.3) is 0 Å². The van der Waals surface area contributed by atoms with Crippen molar-refractivity contribution < 1.29 is 9.53 Å². The van der Waals surface area contributed by atoms with Gasteiger partial charge in [0.25, 0.3) is 0 Å². The van der Waals surface area contributed by atoms with Crippen LogP contribution in [-0.2, 0) is 9.53 Å². The molecule has 90 valence electrons. The third-order valence-corrected chi connectivity index (χ3v) is 3.72. The molecule has 0 radical (unpaired) electrons. The summed E-state index contributed by atoms with van der Waals surface area (Å²) >= 11 is 0. The normalized spacial score (nSPS) is 22.6. The number of carbonyl (C=O) groups is 1. The first-order chi connectivity index (χ1) is 7.86. The Balaban J connectivity index is 1.72. The van der Waals surface area contributed by atoms with Gasteiger partial charge >= 0.3 is 5.97 Å². The van der Waals surface area contributed by atoms with Gasteiger partial charge in [-0.15, -0.1) is 0 Å². The first-order valence-electron chi connectivity index (χ1n) is 6.71. The summed E-state index contributed by atoms with van der Waals surface area (Å²) in [6, 6.07) is 0. The second-order valence-corrected chi connectivity index (χ2v) is 5.05. The largest absolute Gasteiger partial charge is 0.461 e. The number of rotatable bonds is 3. The highest BCUT2D eigenvalue weighted by Gasteiger charge is 2.22. The summed E-state index contributed by atoms with van der Waals surface area (Å²) in [5, 5.41) is 0. The summed E-state index contributed by atoms with van der Waals surface area (Å²) < 4.78 is 5.41. The van der Waals surface area contributed by atoms with Crippen LogP contribution in [0.5, 0.6) is 0 Å². The van der Waals surface area contributed by atoms with Crippen molar-refractivity contribution in [3.05, 3.63) is 11.6 Å². The Labute approximate surface area is 98.1 Å². The molecule has 0 unspecified atom stereocenters. The minimum atomic E-state index is 0.0474.